The zero-order valence-electron chi connectivity index (χ0n) is 21.9. The summed E-state index contributed by atoms with van der Waals surface area (Å²) >= 11 is 0. The number of nitrogens with one attached hydrogen (secondary N) is 2. The highest BCUT2D eigenvalue weighted by Crippen LogP contribution is 2.22. The Hall–Kier alpha value is -4.45. The largest absolute Gasteiger partial charge is 0.387 e. The minimum absolute atomic E-state index is 0.0905. The monoisotopic (exact) mass is 573 g/mol. The van der Waals surface area contributed by atoms with Crippen molar-refractivity contribution in [3.63, 3.8) is 0 Å². The number of pyridine rings is 1. The van der Waals surface area contributed by atoms with E-state index in [-0.39, 0.29) is 16.6 Å². The number of sulfonamides is 1. The Labute approximate surface area is 237 Å². The van der Waals surface area contributed by atoms with Gasteiger partial charge in [-0.1, -0.05) is 35.5 Å². The maximum absolute atomic E-state index is 13.1. The molecule has 2 heterocycles. The summed E-state index contributed by atoms with van der Waals surface area (Å²) in [6, 6.07) is 23.0. The minimum atomic E-state index is -3.81. The lowest BCUT2D eigenvalue weighted by atomic mass is 10.1. The first-order chi connectivity index (χ1) is 19.9. The first-order valence-electron chi connectivity index (χ1n) is 12.9. The molecule has 1 unspecified atom stereocenters. The molecule has 5 aromatic rings. The SMILES string of the molecule is O=S(=O)(Nc1ccc(CCNCC(O)c2cccnc2)cc1)c1ccc(-c2nc(Cc3ccc(F)cc3)no2)cc1. The van der Waals surface area contributed by atoms with Gasteiger partial charge in [-0.05, 0) is 78.7 Å². The molecule has 0 bridgehead atoms. The maximum Gasteiger partial charge on any atom is 0.261 e. The van der Waals surface area contributed by atoms with E-state index in [1.54, 1.807) is 54.9 Å². The van der Waals surface area contributed by atoms with Gasteiger partial charge in [-0.25, -0.2) is 12.8 Å². The molecule has 41 heavy (non-hydrogen) atoms. The zero-order valence-corrected chi connectivity index (χ0v) is 22.8. The summed E-state index contributed by atoms with van der Waals surface area (Å²) in [5, 5.41) is 17.4. The number of benzene rings is 3. The Kier molecular flexibility index (Phi) is 8.78. The van der Waals surface area contributed by atoms with E-state index in [0.717, 1.165) is 23.1 Å². The lowest BCUT2D eigenvalue weighted by Gasteiger charge is -2.12. The van der Waals surface area contributed by atoms with E-state index >= 15 is 0 Å². The van der Waals surface area contributed by atoms with Gasteiger partial charge in [0.2, 0.25) is 0 Å². The molecule has 0 aliphatic heterocycles. The predicted octanol–water partition coefficient (Wildman–Crippen LogP) is 4.53. The van der Waals surface area contributed by atoms with Gasteiger partial charge in [0.05, 0.1) is 11.0 Å². The molecule has 1 atom stereocenters. The van der Waals surface area contributed by atoms with Gasteiger partial charge in [-0.2, -0.15) is 4.98 Å². The van der Waals surface area contributed by atoms with Crippen LogP contribution in [-0.4, -0.2) is 41.7 Å². The van der Waals surface area contributed by atoms with Gasteiger partial charge in [-0.3, -0.25) is 9.71 Å². The molecule has 3 aromatic carbocycles. The molecule has 9 nitrogen and oxygen atoms in total. The van der Waals surface area contributed by atoms with Crippen molar-refractivity contribution in [3.05, 3.63) is 126 Å². The van der Waals surface area contributed by atoms with Gasteiger partial charge >= 0.3 is 0 Å². The van der Waals surface area contributed by atoms with Crippen molar-refractivity contribution in [3.8, 4) is 11.5 Å². The molecule has 3 N–H and O–H groups in total. The van der Waals surface area contributed by atoms with E-state index in [9.17, 15) is 17.9 Å². The minimum Gasteiger partial charge on any atom is -0.387 e. The molecule has 2 aromatic heterocycles. The summed E-state index contributed by atoms with van der Waals surface area (Å²) < 4.78 is 46.9. The average Bonchev–Trinajstić information content (AvgIpc) is 3.46. The van der Waals surface area contributed by atoms with E-state index in [2.05, 4.69) is 25.2 Å². The molecule has 11 heteroatoms. The van der Waals surface area contributed by atoms with Crippen molar-refractivity contribution in [1.29, 1.82) is 0 Å². The van der Waals surface area contributed by atoms with Crippen LogP contribution in [0.2, 0.25) is 0 Å². The number of aliphatic hydroxyl groups is 1. The average molecular weight is 574 g/mol. The van der Waals surface area contributed by atoms with Crippen LogP contribution in [0.25, 0.3) is 11.5 Å². The molecular formula is C30H28FN5O4S. The summed E-state index contributed by atoms with van der Waals surface area (Å²) in [6.07, 6.45) is 3.77. The van der Waals surface area contributed by atoms with Crippen LogP contribution in [0.3, 0.4) is 0 Å². The van der Waals surface area contributed by atoms with Gasteiger partial charge in [0.1, 0.15) is 5.82 Å². The van der Waals surface area contributed by atoms with Crippen LogP contribution < -0.4 is 10.0 Å². The van der Waals surface area contributed by atoms with Crippen LogP contribution in [-0.2, 0) is 22.9 Å². The lowest BCUT2D eigenvalue weighted by molar-refractivity contribution is 0.174. The molecule has 0 radical (unpaired) electrons. The highest BCUT2D eigenvalue weighted by Gasteiger charge is 2.16. The lowest BCUT2D eigenvalue weighted by Crippen LogP contribution is -2.23. The summed E-state index contributed by atoms with van der Waals surface area (Å²) in [4.78, 5) is 8.46. The number of rotatable bonds is 12. The number of hydrogen-bond donors (Lipinski definition) is 3. The number of hydrogen-bond acceptors (Lipinski definition) is 8. The number of halogens is 1. The standard InChI is InChI=1S/C30H28FN5O4S/c31-25-9-3-22(4-10-25)18-29-34-30(40-35-29)23-7-13-27(14-8-23)41(38,39)36-26-11-5-21(6-12-26)15-17-33-20-28(37)24-2-1-16-32-19-24/h1-14,16,19,28,33,36-37H,15,17-18,20H2. The van der Waals surface area contributed by atoms with Crippen molar-refractivity contribution < 1.29 is 22.4 Å². The Balaban J connectivity index is 1.12. The molecule has 0 spiro atoms. The van der Waals surface area contributed by atoms with Crippen LogP contribution in [0.1, 0.15) is 28.6 Å². The van der Waals surface area contributed by atoms with Gasteiger partial charge in [0, 0.05) is 42.2 Å². The van der Waals surface area contributed by atoms with Crippen molar-refractivity contribution in [2.45, 2.75) is 23.8 Å². The highest BCUT2D eigenvalue weighted by molar-refractivity contribution is 7.92. The molecule has 0 saturated carbocycles. The van der Waals surface area contributed by atoms with E-state index in [4.69, 9.17) is 4.52 Å². The molecule has 0 aliphatic carbocycles. The van der Waals surface area contributed by atoms with Crippen LogP contribution in [0.15, 0.2) is 107 Å². The molecule has 210 valence electrons. The van der Waals surface area contributed by atoms with Crippen LogP contribution >= 0.6 is 0 Å². The number of nitrogens with zero attached hydrogens (tertiary/aromatic N) is 3. The number of aliphatic hydroxyl groups excluding tert-OH is 1. The summed E-state index contributed by atoms with van der Waals surface area (Å²) in [5.74, 6) is 0.380. The molecule has 0 saturated heterocycles. The fourth-order valence-corrected chi connectivity index (χ4v) is 5.18. The van der Waals surface area contributed by atoms with E-state index < -0.39 is 16.1 Å². The topological polar surface area (TPSA) is 130 Å². The third-order valence-electron chi connectivity index (χ3n) is 6.36. The van der Waals surface area contributed by atoms with Crippen LogP contribution in [0, 0.1) is 5.82 Å². The van der Waals surface area contributed by atoms with Crippen molar-refractivity contribution in [1.82, 2.24) is 20.4 Å². The smallest absolute Gasteiger partial charge is 0.261 e. The van der Waals surface area contributed by atoms with Gasteiger partial charge in [-0.15, -0.1) is 0 Å². The molecule has 0 fully saturated rings. The summed E-state index contributed by atoms with van der Waals surface area (Å²) in [5.41, 5.74) is 3.65. The summed E-state index contributed by atoms with van der Waals surface area (Å²) in [7, 11) is -3.81. The predicted molar refractivity (Wildman–Crippen MR) is 152 cm³/mol. The fourth-order valence-electron chi connectivity index (χ4n) is 4.12. The third kappa shape index (κ3) is 7.60. The first-order valence-corrected chi connectivity index (χ1v) is 14.4. The molecule has 0 amide bonds. The fraction of sp³-hybridized carbons (Fsp3) is 0.167. The van der Waals surface area contributed by atoms with Crippen LogP contribution in [0.4, 0.5) is 10.1 Å². The normalized spacial score (nSPS) is 12.2. The Bertz CT molecular complexity index is 1660. The second-order valence-corrected chi connectivity index (χ2v) is 11.1. The Morgan fingerprint density at radius 3 is 2.37 bits per heavy atom. The van der Waals surface area contributed by atoms with Crippen molar-refractivity contribution >= 4 is 15.7 Å². The van der Waals surface area contributed by atoms with Crippen LogP contribution in [0.5, 0.6) is 0 Å². The zero-order chi connectivity index (χ0) is 28.7. The van der Waals surface area contributed by atoms with Crippen molar-refractivity contribution in [2.24, 2.45) is 0 Å². The maximum atomic E-state index is 13.1. The first kappa shape index (κ1) is 28.1. The van der Waals surface area contributed by atoms with Crippen molar-refractivity contribution in [2.75, 3.05) is 17.8 Å². The second kappa shape index (κ2) is 12.8. The molecular weight excluding hydrogens is 545 g/mol. The molecule has 5 rings (SSSR count). The van der Waals surface area contributed by atoms with Gasteiger partial charge in [0.25, 0.3) is 15.9 Å². The number of anilines is 1. The Morgan fingerprint density at radius 2 is 1.66 bits per heavy atom. The number of aromatic nitrogens is 3. The van der Waals surface area contributed by atoms with Gasteiger partial charge < -0.3 is 14.9 Å². The van der Waals surface area contributed by atoms with Gasteiger partial charge in [0.15, 0.2) is 5.82 Å². The quantitative estimate of drug-likeness (QED) is 0.186. The third-order valence-corrected chi connectivity index (χ3v) is 7.76. The highest BCUT2D eigenvalue weighted by atomic mass is 32.2. The van der Waals surface area contributed by atoms with E-state index in [1.165, 1.54) is 24.3 Å². The Morgan fingerprint density at radius 1 is 0.927 bits per heavy atom. The van der Waals surface area contributed by atoms with E-state index in [0.29, 0.717) is 36.6 Å². The summed E-state index contributed by atoms with van der Waals surface area (Å²) in [6.45, 7) is 1.06. The second-order valence-electron chi connectivity index (χ2n) is 9.40. The van der Waals surface area contributed by atoms with E-state index in [1.807, 2.05) is 18.2 Å². The molecule has 0 aliphatic rings.